The summed E-state index contributed by atoms with van der Waals surface area (Å²) in [6.45, 7) is 0.380. The van der Waals surface area contributed by atoms with Gasteiger partial charge in [0, 0.05) is 35.1 Å². The number of hydrogen-bond donors (Lipinski definition) is 0. The number of nitrogens with zero attached hydrogens (tertiary/aromatic N) is 2. The van der Waals surface area contributed by atoms with E-state index in [0.717, 1.165) is 11.1 Å². The van der Waals surface area contributed by atoms with E-state index in [-0.39, 0.29) is 30.5 Å². The third-order valence-corrected chi connectivity index (χ3v) is 9.20. The Bertz CT molecular complexity index is 1260. The second-order valence-electron chi connectivity index (χ2n) is 7.85. The van der Waals surface area contributed by atoms with Crippen molar-refractivity contribution in [2.75, 3.05) is 33.4 Å². The summed E-state index contributed by atoms with van der Waals surface area (Å²) in [6.07, 6.45) is 0.698. The lowest BCUT2D eigenvalue weighted by Gasteiger charge is -2.37. The van der Waals surface area contributed by atoms with E-state index in [1.807, 2.05) is 17.5 Å². The molecule has 1 aliphatic heterocycles. The van der Waals surface area contributed by atoms with Crippen LogP contribution in [0.5, 0.6) is 0 Å². The summed E-state index contributed by atoms with van der Waals surface area (Å²) < 4.78 is 32.9. The van der Waals surface area contributed by atoms with Gasteiger partial charge >= 0.3 is 0 Å². The molecule has 0 spiro atoms. The van der Waals surface area contributed by atoms with Crippen molar-refractivity contribution < 1.29 is 17.9 Å². The van der Waals surface area contributed by atoms with E-state index in [1.165, 1.54) is 28.4 Å². The number of thiophene rings is 1. The molecule has 10 heteroatoms. The number of fused-ring (bicyclic) bond motifs is 1. The fraction of sp³-hybridized carbons (Fsp3) is 0.292. The number of ether oxygens (including phenoxy) is 1. The topological polar surface area (TPSA) is 66.9 Å². The first-order valence-electron chi connectivity index (χ1n) is 10.7. The first kappa shape index (κ1) is 25.2. The standard InChI is InChI=1S/C24H24Cl2N2O4S2/c1-32-13-12-27(34(30,31)18-5-3-2-4-6-18)16-23(29)28-11-9-22-20(10-14-33-22)24(28)19-8-7-17(25)15-21(19)26/h2-8,10,14-15,24H,9,11-13,16H2,1H3. The Morgan fingerprint density at radius 1 is 1.15 bits per heavy atom. The van der Waals surface area contributed by atoms with Crippen molar-refractivity contribution in [3.05, 3.63) is 86.0 Å². The Morgan fingerprint density at radius 2 is 1.91 bits per heavy atom. The van der Waals surface area contributed by atoms with Gasteiger partial charge in [0.1, 0.15) is 0 Å². The monoisotopic (exact) mass is 538 g/mol. The van der Waals surface area contributed by atoms with Crippen molar-refractivity contribution in [2.24, 2.45) is 0 Å². The molecule has 3 aromatic rings. The van der Waals surface area contributed by atoms with Gasteiger partial charge in [0.2, 0.25) is 15.9 Å². The largest absolute Gasteiger partial charge is 0.383 e. The van der Waals surface area contributed by atoms with E-state index in [1.54, 1.807) is 46.6 Å². The quantitative estimate of drug-likeness (QED) is 0.410. The Labute approximate surface area is 213 Å². The minimum absolute atomic E-state index is 0.0589. The zero-order chi connectivity index (χ0) is 24.3. The summed E-state index contributed by atoms with van der Waals surface area (Å²) in [5, 5.41) is 2.97. The minimum Gasteiger partial charge on any atom is -0.383 e. The van der Waals surface area contributed by atoms with Crippen LogP contribution in [0.25, 0.3) is 0 Å². The van der Waals surface area contributed by atoms with Gasteiger partial charge in [-0.3, -0.25) is 4.79 Å². The molecule has 1 unspecified atom stereocenters. The van der Waals surface area contributed by atoms with Crippen LogP contribution in [0, 0.1) is 0 Å². The molecule has 34 heavy (non-hydrogen) atoms. The number of carbonyl (C=O) groups is 1. The van der Waals surface area contributed by atoms with Crippen LogP contribution in [0.4, 0.5) is 0 Å². The smallest absolute Gasteiger partial charge is 0.243 e. The van der Waals surface area contributed by atoms with E-state index in [9.17, 15) is 13.2 Å². The second kappa shape index (κ2) is 10.8. The highest BCUT2D eigenvalue weighted by Gasteiger charge is 2.36. The molecule has 1 aromatic heterocycles. The summed E-state index contributed by atoms with van der Waals surface area (Å²) in [4.78, 5) is 16.7. The van der Waals surface area contributed by atoms with Crippen molar-refractivity contribution in [2.45, 2.75) is 17.4 Å². The maximum atomic E-state index is 13.7. The SMILES string of the molecule is COCCN(CC(=O)N1CCc2sccc2C1c1ccc(Cl)cc1Cl)S(=O)(=O)c1ccccc1. The lowest BCUT2D eigenvalue weighted by molar-refractivity contribution is -0.133. The molecule has 1 aliphatic rings. The normalized spacial score (nSPS) is 16.0. The molecule has 2 heterocycles. The average molecular weight is 540 g/mol. The molecule has 0 N–H and O–H groups in total. The van der Waals surface area contributed by atoms with Crippen LogP contribution in [0.15, 0.2) is 64.9 Å². The molecule has 0 saturated carbocycles. The summed E-state index contributed by atoms with van der Waals surface area (Å²) in [5.41, 5.74) is 1.76. The molecule has 0 aliphatic carbocycles. The highest BCUT2D eigenvalue weighted by molar-refractivity contribution is 7.89. The van der Waals surface area contributed by atoms with E-state index >= 15 is 0 Å². The fourth-order valence-electron chi connectivity index (χ4n) is 4.10. The molecule has 0 bridgehead atoms. The van der Waals surface area contributed by atoms with Crippen LogP contribution < -0.4 is 0 Å². The molecule has 6 nitrogen and oxygen atoms in total. The van der Waals surface area contributed by atoms with Gasteiger partial charge in [-0.15, -0.1) is 11.3 Å². The number of sulfonamides is 1. The molecular weight excluding hydrogens is 515 g/mol. The first-order valence-corrected chi connectivity index (χ1v) is 13.8. The molecule has 0 saturated heterocycles. The third kappa shape index (κ3) is 5.17. The van der Waals surface area contributed by atoms with Crippen LogP contribution in [0.1, 0.15) is 22.0 Å². The number of halogens is 2. The maximum absolute atomic E-state index is 13.7. The molecular formula is C24H24Cl2N2O4S2. The van der Waals surface area contributed by atoms with Crippen molar-refractivity contribution >= 4 is 50.5 Å². The van der Waals surface area contributed by atoms with E-state index < -0.39 is 16.1 Å². The van der Waals surface area contributed by atoms with Crippen molar-refractivity contribution in [1.29, 1.82) is 0 Å². The predicted octanol–water partition coefficient (Wildman–Crippen LogP) is 4.87. The first-order chi connectivity index (χ1) is 16.3. The van der Waals surface area contributed by atoms with E-state index in [2.05, 4.69) is 0 Å². The summed E-state index contributed by atoms with van der Waals surface area (Å²) in [7, 11) is -2.39. The third-order valence-electron chi connectivity index (χ3n) is 5.78. The molecule has 180 valence electrons. The molecule has 0 fully saturated rings. The van der Waals surface area contributed by atoms with E-state index in [4.69, 9.17) is 27.9 Å². The summed E-state index contributed by atoms with van der Waals surface area (Å²) in [6, 6.07) is 14.9. The highest BCUT2D eigenvalue weighted by atomic mass is 35.5. The van der Waals surface area contributed by atoms with Gasteiger partial charge in [0.25, 0.3) is 0 Å². The summed E-state index contributed by atoms with van der Waals surface area (Å²) in [5.74, 6) is -0.302. The van der Waals surface area contributed by atoms with Gasteiger partial charge in [-0.2, -0.15) is 4.31 Å². The number of benzene rings is 2. The van der Waals surface area contributed by atoms with Gasteiger partial charge in [0.05, 0.1) is 24.1 Å². The van der Waals surface area contributed by atoms with Crippen molar-refractivity contribution in [3.8, 4) is 0 Å². The Morgan fingerprint density at radius 3 is 2.62 bits per heavy atom. The van der Waals surface area contributed by atoms with Crippen LogP contribution >= 0.6 is 34.5 Å². The van der Waals surface area contributed by atoms with Crippen LogP contribution in [-0.2, 0) is 26.0 Å². The number of hydrogen-bond acceptors (Lipinski definition) is 5. The fourth-order valence-corrected chi connectivity index (χ4v) is 6.91. The van der Waals surface area contributed by atoms with Gasteiger partial charge < -0.3 is 9.64 Å². The van der Waals surface area contributed by atoms with Gasteiger partial charge in [-0.25, -0.2) is 8.42 Å². The zero-order valence-corrected chi connectivity index (χ0v) is 21.6. The second-order valence-corrected chi connectivity index (χ2v) is 11.6. The average Bonchev–Trinajstić information content (AvgIpc) is 3.31. The number of carbonyl (C=O) groups excluding carboxylic acids is 1. The molecule has 1 amide bonds. The van der Waals surface area contributed by atoms with Gasteiger partial charge in [0.15, 0.2) is 0 Å². The molecule has 2 aromatic carbocycles. The van der Waals surface area contributed by atoms with Gasteiger partial charge in [-0.1, -0.05) is 47.5 Å². The van der Waals surface area contributed by atoms with Crippen LogP contribution in [0.3, 0.4) is 0 Å². The Hall–Kier alpha value is -1.94. The number of methoxy groups -OCH3 is 1. The zero-order valence-electron chi connectivity index (χ0n) is 18.5. The molecule has 0 radical (unpaired) electrons. The highest BCUT2D eigenvalue weighted by Crippen LogP contribution is 2.41. The van der Waals surface area contributed by atoms with Crippen molar-refractivity contribution in [3.63, 3.8) is 0 Å². The van der Waals surface area contributed by atoms with E-state index in [0.29, 0.717) is 23.0 Å². The van der Waals surface area contributed by atoms with Crippen LogP contribution in [0.2, 0.25) is 10.0 Å². The minimum atomic E-state index is -3.89. The lowest BCUT2D eigenvalue weighted by atomic mass is 9.93. The Kier molecular flexibility index (Phi) is 7.97. The predicted molar refractivity (Wildman–Crippen MR) is 135 cm³/mol. The van der Waals surface area contributed by atoms with Gasteiger partial charge in [-0.05, 0) is 53.3 Å². The maximum Gasteiger partial charge on any atom is 0.243 e. The molecule has 4 rings (SSSR count). The Balaban J connectivity index is 1.68. The molecule has 1 atom stereocenters. The number of rotatable bonds is 8. The lowest BCUT2D eigenvalue weighted by Crippen LogP contribution is -2.47. The summed E-state index contributed by atoms with van der Waals surface area (Å²) >= 11 is 14.3. The number of amides is 1. The van der Waals surface area contributed by atoms with Crippen molar-refractivity contribution in [1.82, 2.24) is 9.21 Å². The van der Waals surface area contributed by atoms with Crippen LogP contribution in [-0.4, -0.2) is 56.9 Å².